The number of nitrogens with zero attached hydrogens (tertiary/aromatic N) is 3. The summed E-state index contributed by atoms with van der Waals surface area (Å²) in [7, 11) is 0. The molecule has 0 bridgehead atoms. The van der Waals surface area contributed by atoms with E-state index in [0.717, 1.165) is 27.4 Å². The molecular formula is C18H14N4OS. The van der Waals surface area contributed by atoms with Crippen LogP contribution in [0, 0.1) is 6.92 Å². The zero-order chi connectivity index (χ0) is 16.5. The van der Waals surface area contributed by atoms with Gasteiger partial charge in [0, 0.05) is 29.8 Å². The molecule has 0 aliphatic carbocycles. The molecule has 0 spiro atoms. The van der Waals surface area contributed by atoms with Gasteiger partial charge in [0.15, 0.2) is 0 Å². The molecule has 1 N–H and O–H groups in total. The topological polar surface area (TPSA) is 59.3 Å². The second kappa shape index (κ2) is 5.90. The van der Waals surface area contributed by atoms with E-state index in [1.807, 2.05) is 65.5 Å². The molecule has 1 amide bonds. The number of thiophene rings is 1. The molecule has 0 fully saturated rings. The van der Waals surface area contributed by atoms with Gasteiger partial charge in [-0.2, -0.15) is 0 Å². The van der Waals surface area contributed by atoms with E-state index in [-0.39, 0.29) is 5.91 Å². The van der Waals surface area contributed by atoms with Crippen molar-refractivity contribution in [1.29, 1.82) is 0 Å². The predicted molar refractivity (Wildman–Crippen MR) is 95.4 cm³/mol. The molecule has 1 aromatic carbocycles. The van der Waals surface area contributed by atoms with Gasteiger partial charge in [0.25, 0.3) is 5.91 Å². The summed E-state index contributed by atoms with van der Waals surface area (Å²) in [4.78, 5) is 21.7. The van der Waals surface area contributed by atoms with Crippen LogP contribution < -0.4 is 5.32 Å². The maximum Gasteiger partial charge on any atom is 0.265 e. The molecule has 3 aromatic heterocycles. The summed E-state index contributed by atoms with van der Waals surface area (Å²) in [6.07, 6.45) is 5.57. The van der Waals surface area contributed by atoms with E-state index in [1.54, 1.807) is 6.20 Å². The third kappa shape index (κ3) is 2.68. The molecule has 3 heterocycles. The molecule has 0 aliphatic heterocycles. The third-order valence-electron chi connectivity index (χ3n) is 3.74. The van der Waals surface area contributed by atoms with E-state index in [1.165, 1.54) is 11.3 Å². The number of carbonyl (C=O) groups is 1. The second-order valence-corrected chi connectivity index (χ2v) is 6.33. The first-order valence-electron chi connectivity index (χ1n) is 7.46. The molecule has 118 valence electrons. The Bertz CT molecular complexity index is 984. The van der Waals surface area contributed by atoms with Crippen LogP contribution in [0.25, 0.3) is 17.0 Å². The SMILES string of the molecule is Cc1ccsc1C(=O)Nc1ccc(-c2cn3cccnc3n2)cc1. The lowest BCUT2D eigenvalue weighted by Crippen LogP contribution is -2.11. The Labute approximate surface area is 142 Å². The highest BCUT2D eigenvalue weighted by atomic mass is 32.1. The van der Waals surface area contributed by atoms with Crippen molar-refractivity contribution in [2.75, 3.05) is 5.32 Å². The number of anilines is 1. The third-order valence-corrected chi connectivity index (χ3v) is 4.76. The lowest BCUT2D eigenvalue weighted by molar-refractivity contribution is 0.103. The van der Waals surface area contributed by atoms with Crippen LogP contribution in [0.4, 0.5) is 5.69 Å². The number of fused-ring (bicyclic) bond motifs is 1. The van der Waals surface area contributed by atoms with Gasteiger partial charge in [-0.05, 0) is 42.1 Å². The van der Waals surface area contributed by atoms with Crippen molar-refractivity contribution in [3.05, 3.63) is 70.8 Å². The molecule has 0 aliphatic rings. The minimum atomic E-state index is -0.0767. The number of aromatic nitrogens is 3. The summed E-state index contributed by atoms with van der Waals surface area (Å²) in [5, 5.41) is 4.85. The van der Waals surface area contributed by atoms with Gasteiger partial charge in [-0.3, -0.25) is 9.20 Å². The second-order valence-electron chi connectivity index (χ2n) is 5.42. The average Bonchev–Trinajstić information content (AvgIpc) is 3.21. The highest BCUT2D eigenvalue weighted by Crippen LogP contribution is 2.22. The Morgan fingerprint density at radius 1 is 1.21 bits per heavy atom. The quantitative estimate of drug-likeness (QED) is 0.615. The van der Waals surface area contributed by atoms with Crippen LogP contribution in [0.3, 0.4) is 0 Å². The highest BCUT2D eigenvalue weighted by Gasteiger charge is 2.11. The number of rotatable bonds is 3. The Morgan fingerprint density at radius 2 is 2.04 bits per heavy atom. The van der Waals surface area contributed by atoms with Crippen molar-refractivity contribution in [1.82, 2.24) is 14.4 Å². The van der Waals surface area contributed by atoms with Crippen LogP contribution in [0.15, 0.2) is 60.4 Å². The van der Waals surface area contributed by atoms with Crippen LogP contribution in [-0.2, 0) is 0 Å². The minimum absolute atomic E-state index is 0.0767. The van der Waals surface area contributed by atoms with Gasteiger partial charge in [-0.25, -0.2) is 9.97 Å². The van der Waals surface area contributed by atoms with Crippen molar-refractivity contribution >= 4 is 28.7 Å². The first kappa shape index (κ1) is 14.6. The number of hydrogen-bond donors (Lipinski definition) is 1. The van der Waals surface area contributed by atoms with Crippen molar-refractivity contribution in [2.45, 2.75) is 6.92 Å². The molecule has 4 aromatic rings. The number of amides is 1. The Morgan fingerprint density at radius 3 is 2.75 bits per heavy atom. The van der Waals surface area contributed by atoms with Crippen LogP contribution >= 0.6 is 11.3 Å². The zero-order valence-electron chi connectivity index (χ0n) is 12.9. The minimum Gasteiger partial charge on any atom is -0.321 e. The number of carbonyl (C=O) groups excluding carboxylic acids is 1. The fourth-order valence-corrected chi connectivity index (χ4v) is 3.31. The average molecular weight is 334 g/mol. The van der Waals surface area contributed by atoms with Gasteiger partial charge in [0.2, 0.25) is 5.78 Å². The van der Waals surface area contributed by atoms with Gasteiger partial charge >= 0.3 is 0 Å². The van der Waals surface area contributed by atoms with Crippen molar-refractivity contribution < 1.29 is 4.79 Å². The molecule has 24 heavy (non-hydrogen) atoms. The number of hydrogen-bond acceptors (Lipinski definition) is 4. The summed E-state index contributed by atoms with van der Waals surface area (Å²) in [5.74, 6) is 0.588. The Kier molecular flexibility index (Phi) is 3.59. The zero-order valence-corrected chi connectivity index (χ0v) is 13.7. The molecule has 0 atom stereocenters. The highest BCUT2D eigenvalue weighted by molar-refractivity contribution is 7.12. The Balaban J connectivity index is 1.56. The molecular weight excluding hydrogens is 320 g/mol. The standard InChI is InChI=1S/C18H14N4OS/c1-12-7-10-24-16(12)17(23)20-14-5-3-13(4-6-14)15-11-22-9-2-8-19-18(22)21-15/h2-11H,1H3,(H,20,23). The largest absolute Gasteiger partial charge is 0.321 e. The first-order chi connectivity index (χ1) is 11.7. The van der Waals surface area contributed by atoms with E-state index < -0.39 is 0 Å². The smallest absolute Gasteiger partial charge is 0.265 e. The summed E-state index contributed by atoms with van der Waals surface area (Å²) in [5.41, 5.74) is 3.58. The molecule has 6 heteroatoms. The van der Waals surface area contributed by atoms with E-state index in [4.69, 9.17) is 0 Å². The van der Waals surface area contributed by atoms with Gasteiger partial charge in [-0.15, -0.1) is 11.3 Å². The fraction of sp³-hybridized carbons (Fsp3) is 0.0556. The van der Waals surface area contributed by atoms with Gasteiger partial charge < -0.3 is 5.32 Å². The Hall–Kier alpha value is -2.99. The predicted octanol–water partition coefficient (Wildman–Crippen LogP) is 4.02. The van der Waals surface area contributed by atoms with E-state index >= 15 is 0 Å². The van der Waals surface area contributed by atoms with Gasteiger partial charge in [0.05, 0.1) is 10.6 Å². The van der Waals surface area contributed by atoms with Crippen molar-refractivity contribution in [3.8, 4) is 11.3 Å². The molecule has 5 nitrogen and oxygen atoms in total. The van der Waals surface area contributed by atoms with Crippen LogP contribution in [-0.4, -0.2) is 20.3 Å². The molecule has 4 rings (SSSR count). The maximum atomic E-state index is 12.2. The first-order valence-corrected chi connectivity index (χ1v) is 8.34. The monoisotopic (exact) mass is 334 g/mol. The fourth-order valence-electron chi connectivity index (χ4n) is 2.49. The lowest BCUT2D eigenvalue weighted by atomic mass is 10.1. The molecule has 0 radical (unpaired) electrons. The maximum absolute atomic E-state index is 12.2. The number of benzene rings is 1. The van der Waals surface area contributed by atoms with E-state index in [0.29, 0.717) is 5.78 Å². The number of imidazole rings is 1. The number of aryl methyl sites for hydroxylation is 1. The van der Waals surface area contributed by atoms with Gasteiger partial charge in [-0.1, -0.05) is 12.1 Å². The van der Waals surface area contributed by atoms with Crippen LogP contribution in [0.2, 0.25) is 0 Å². The molecule has 0 saturated carbocycles. The lowest BCUT2D eigenvalue weighted by Gasteiger charge is -2.05. The molecule has 0 unspecified atom stereocenters. The molecule has 0 saturated heterocycles. The van der Waals surface area contributed by atoms with Crippen molar-refractivity contribution in [2.24, 2.45) is 0 Å². The summed E-state index contributed by atoms with van der Waals surface area (Å²) in [6.45, 7) is 1.94. The van der Waals surface area contributed by atoms with Crippen LogP contribution in [0.5, 0.6) is 0 Å². The summed E-state index contributed by atoms with van der Waals surface area (Å²) in [6, 6.07) is 11.5. The number of nitrogens with one attached hydrogen (secondary N) is 1. The van der Waals surface area contributed by atoms with Crippen molar-refractivity contribution in [3.63, 3.8) is 0 Å². The van der Waals surface area contributed by atoms with Gasteiger partial charge in [0.1, 0.15) is 0 Å². The van der Waals surface area contributed by atoms with Crippen LogP contribution in [0.1, 0.15) is 15.2 Å². The van der Waals surface area contributed by atoms with E-state index in [9.17, 15) is 4.79 Å². The summed E-state index contributed by atoms with van der Waals surface area (Å²) >= 11 is 1.45. The summed E-state index contributed by atoms with van der Waals surface area (Å²) < 4.78 is 1.88. The normalized spacial score (nSPS) is 10.9. The van der Waals surface area contributed by atoms with E-state index in [2.05, 4.69) is 15.3 Å².